The smallest absolute Gasteiger partial charge is 0.243 e. The van der Waals surface area contributed by atoms with E-state index in [0.29, 0.717) is 36.0 Å². The minimum absolute atomic E-state index is 0. The first-order valence-electron chi connectivity index (χ1n) is 15.3. The normalized spacial score (nSPS) is 12.6. The van der Waals surface area contributed by atoms with Crippen molar-refractivity contribution in [2.75, 3.05) is 12.3 Å². The second-order valence-corrected chi connectivity index (χ2v) is 12.2. The van der Waals surface area contributed by atoms with E-state index in [2.05, 4.69) is 48.9 Å². The lowest BCUT2D eigenvalue weighted by atomic mass is 10.00. The Morgan fingerprint density at radius 2 is 1.49 bits per heavy atom. The van der Waals surface area contributed by atoms with Gasteiger partial charge in [0.1, 0.15) is 17.7 Å². The molecule has 8 N–H and O–H groups in total. The molecular weight excluding hydrogens is 624 g/mol. The van der Waals surface area contributed by atoms with Crippen molar-refractivity contribution in [3.63, 3.8) is 0 Å². The predicted molar refractivity (Wildman–Crippen MR) is 183 cm³/mol. The predicted octanol–water partition coefficient (Wildman–Crippen LogP) is 4.46. The molecule has 3 atom stereocenters. The average molecular weight is 678 g/mol. The number of aryl methyl sites for hydroxylation is 1. The van der Waals surface area contributed by atoms with Crippen LogP contribution in [0.15, 0.2) is 42.5 Å². The summed E-state index contributed by atoms with van der Waals surface area (Å²) in [5.41, 5.74) is 2.60. The van der Waals surface area contributed by atoms with Crippen LogP contribution < -0.4 is 16.0 Å². The zero-order chi connectivity index (χ0) is 30.9. The van der Waals surface area contributed by atoms with Gasteiger partial charge in [0.05, 0.1) is 12.1 Å². The highest BCUT2D eigenvalue weighted by Crippen LogP contribution is 2.22. The molecule has 0 unspecified atom stereocenters. The molecule has 0 radical (unpaired) electrons. The van der Waals surface area contributed by atoms with Gasteiger partial charge in [-0.25, -0.2) is 8.78 Å². The Labute approximate surface area is 277 Å². The van der Waals surface area contributed by atoms with Gasteiger partial charge < -0.3 is 32.0 Å². The molecule has 45 heavy (non-hydrogen) atoms. The number of carbonyl (C=O) groups excluding carboxylic acids is 2. The van der Waals surface area contributed by atoms with E-state index in [1.807, 2.05) is 19.1 Å². The van der Waals surface area contributed by atoms with E-state index in [4.69, 9.17) is 0 Å². The van der Waals surface area contributed by atoms with Crippen LogP contribution in [0.2, 0.25) is 0 Å². The number of nitrogens with one attached hydrogen (secondary N) is 3. The molecule has 0 aliphatic heterocycles. The second-order valence-electron chi connectivity index (χ2n) is 10.9. The topological polar surface area (TPSA) is 153 Å². The average Bonchev–Trinajstić information content (AvgIpc) is 2.94. The van der Waals surface area contributed by atoms with E-state index in [0.717, 1.165) is 43.7 Å². The summed E-state index contributed by atoms with van der Waals surface area (Å²) in [7, 11) is 0. The minimum Gasteiger partial charge on any atom is -0.412 e. The fraction of sp³-hybridized carbons (Fsp3) is 0.576. The number of hydrogen-bond donors (Lipinski definition) is 4. The summed E-state index contributed by atoms with van der Waals surface area (Å²) < 4.78 is 28.0. The number of halogens is 3. The Balaban J connectivity index is 0. The molecule has 2 aromatic rings. The number of thioether (sulfide) groups is 1. The molecule has 258 valence electrons. The first kappa shape index (κ1) is 44.8. The fourth-order valence-electron chi connectivity index (χ4n) is 4.88. The van der Waals surface area contributed by atoms with E-state index >= 15 is 0 Å². The van der Waals surface area contributed by atoms with Crippen LogP contribution >= 0.6 is 24.2 Å². The third-order valence-corrected chi connectivity index (χ3v) is 8.57. The van der Waals surface area contributed by atoms with Gasteiger partial charge in [0, 0.05) is 36.6 Å². The van der Waals surface area contributed by atoms with Crippen molar-refractivity contribution < 1.29 is 34.4 Å². The number of amides is 2. The van der Waals surface area contributed by atoms with Crippen LogP contribution in [0.3, 0.4) is 0 Å². The Bertz CT molecular complexity index is 1090. The number of benzene rings is 2. The van der Waals surface area contributed by atoms with Crippen LogP contribution in [-0.2, 0) is 29.0 Å². The Hall–Kier alpha value is -2.28. The summed E-state index contributed by atoms with van der Waals surface area (Å²) in [5.74, 6) is -1.68. The molecule has 0 aliphatic rings. The summed E-state index contributed by atoms with van der Waals surface area (Å²) >= 11 is 1.68. The van der Waals surface area contributed by atoms with Crippen molar-refractivity contribution in [1.82, 2.24) is 16.0 Å². The first-order chi connectivity index (χ1) is 20.2. The fourth-order valence-corrected chi connectivity index (χ4v) is 6.38. The van der Waals surface area contributed by atoms with Crippen LogP contribution in [0.5, 0.6) is 0 Å². The van der Waals surface area contributed by atoms with Crippen LogP contribution in [0.4, 0.5) is 8.78 Å². The van der Waals surface area contributed by atoms with Gasteiger partial charge in [-0.15, -0.1) is 12.4 Å². The minimum atomic E-state index is -1.05. The molecule has 0 aliphatic carbocycles. The van der Waals surface area contributed by atoms with Crippen molar-refractivity contribution in [3.8, 4) is 0 Å². The van der Waals surface area contributed by atoms with Gasteiger partial charge in [0.15, 0.2) is 0 Å². The van der Waals surface area contributed by atoms with Crippen LogP contribution in [0.1, 0.15) is 82.9 Å². The van der Waals surface area contributed by atoms with Gasteiger partial charge in [0.2, 0.25) is 11.8 Å². The third-order valence-electron chi connectivity index (χ3n) is 7.10. The highest BCUT2D eigenvalue weighted by molar-refractivity contribution is 7.99. The van der Waals surface area contributed by atoms with Gasteiger partial charge in [-0.1, -0.05) is 64.8 Å². The Morgan fingerprint density at radius 3 is 2.07 bits per heavy atom. The van der Waals surface area contributed by atoms with E-state index in [9.17, 15) is 23.5 Å². The van der Waals surface area contributed by atoms with Crippen molar-refractivity contribution in [2.24, 2.45) is 0 Å². The van der Waals surface area contributed by atoms with E-state index in [1.54, 1.807) is 11.8 Å². The van der Waals surface area contributed by atoms with Crippen molar-refractivity contribution in [1.29, 1.82) is 0 Å². The van der Waals surface area contributed by atoms with E-state index < -0.39 is 35.7 Å². The lowest BCUT2D eigenvalue weighted by Crippen LogP contribution is -2.55. The van der Waals surface area contributed by atoms with Crippen LogP contribution in [0.25, 0.3) is 0 Å². The molecule has 12 heteroatoms. The van der Waals surface area contributed by atoms with E-state index in [-0.39, 0.29) is 42.2 Å². The highest BCUT2D eigenvalue weighted by atomic mass is 35.5. The lowest BCUT2D eigenvalue weighted by Gasteiger charge is -2.28. The monoisotopic (exact) mass is 677 g/mol. The molecule has 0 heterocycles. The highest BCUT2D eigenvalue weighted by Gasteiger charge is 2.28. The Kier molecular flexibility index (Phi) is 24.8. The molecule has 0 fully saturated rings. The maximum atomic E-state index is 14.0. The zero-order valence-corrected chi connectivity index (χ0v) is 28.6. The molecule has 0 bridgehead atoms. The largest absolute Gasteiger partial charge is 0.412 e. The molecule has 0 spiro atoms. The standard InChI is InChI=1S/C33H49F2N3O3S.ClH.2H2O/c1-5-10-28(11-6-2)42-22-30(37-32(40)12-7-3)33(41)38-29(18-25-16-26(34)19-27(35)17-25)31(39)21-36-20-24-14-9-13-23(8-4)15-24;;;/h9,13-17,19,28-31,36,39H,5-8,10-12,18,20-22H2,1-4H3,(H,37,40)(H,38,41);1H;2*1H2/t29-,30+,31+;;;/m0.../s1. The van der Waals surface area contributed by atoms with Gasteiger partial charge in [-0.05, 0) is 60.9 Å². The third kappa shape index (κ3) is 17.3. The van der Waals surface area contributed by atoms with E-state index in [1.165, 1.54) is 17.7 Å². The maximum Gasteiger partial charge on any atom is 0.243 e. The molecule has 0 saturated heterocycles. The van der Waals surface area contributed by atoms with Gasteiger partial charge in [0.25, 0.3) is 0 Å². The molecule has 2 rings (SSSR count). The van der Waals surface area contributed by atoms with Gasteiger partial charge >= 0.3 is 0 Å². The molecule has 2 aromatic carbocycles. The number of hydrogen-bond acceptors (Lipinski definition) is 5. The lowest BCUT2D eigenvalue weighted by molar-refractivity contribution is -0.129. The summed E-state index contributed by atoms with van der Waals surface area (Å²) in [4.78, 5) is 26.1. The summed E-state index contributed by atoms with van der Waals surface area (Å²) in [6, 6.07) is 9.70. The van der Waals surface area contributed by atoms with Gasteiger partial charge in [-0.3, -0.25) is 9.59 Å². The number of carbonyl (C=O) groups is 2. The molecule has 0 aromatic heterocycles. The molecule has 2 amide bonds. The van der Waals surface area contributed by atoms with Crippen molar-refractivity contribution >= 4 is 36.0 Å². The number of rotatable bonds is 20. The van der Waals surface area contributed by atoms with Crippen molar-refractivity contribution in [2.45, 2.75) is 109 Å². The second kappa shape index (κ2) is 24.9. The Morgan fingerprint density at radius 1 is 0.867 bits per heavy atom. The molecule has 0 saturated carbocycles. The number of aliphatic hydroxyl groups excluding tert-OH is 1. The zero-order valence-electron chi connectivity index (χ0n) is 27.0. The quantitative estimate of drug-likeness (QED) is 0.163. The van der Waals surface area contributed by atoms with Crippen LogP contribution in [0, 0.1) is 11.6 Å². The van der Waals surface area contributed by atoms with Crippen LogP contribution in [-0.4, -0.2) is 63.6 Å². The van der Waals surface area contributed by atoms with Crippen molar-refractivity contribution in [3.05, 3.63) is 70.8 Å². The number of aliphatic hydroxyl groups is 1. The maximum absolute atomic E-state index is 14.0. The first-order valence-corrected chi connectivity index (χ1v) is 16.4. The van der Waals surface area contributed by atoms with Gasteiger partial charge in [-0.2, -0.15) is 11.8 Å². The summed E-state index contributed by atoms with van der Waals surface area (Å²) in [6.07, 6.45) is 4.95. The summed E-state index contributed by atoms with van der Waals surface area (Å²) in [6.45, 7) is 8.91. The molecular formula is C33H54ClF2N3O5S. The SMILES string of the molecule is CCCC(=O)N[C@H](CSC(CCC)CCC)C(=O)N[C@@H](Cc1cc(F)cc(F)c1)[C@H](O)CNCc1cccc(CC)c1.Cl.O.O. The molecule has 8 nitrogen and oxygen atoms in total. The summed E-state index contributed by atoms with van der Waals surface area (Å²) in [5, 5.41) is 20.6.